The molecule has 0 amide bonds. The summed E-state index contributed by atoms with van der Waals surface area (Å²) in [6, 6.07) is 0.708. The number of rotatable bonds is 1. The van der Waals surface area contributed by atoms with E-state index in [4.69, 9.17) is 0 Å². The van der Waals surface area contributed by atoms with E-state index < -0.39 is 0 Å². The van der Waals surface area contributed by atoms with Gasteiger partial charge in [0.1, 0.15) is 0 Å². The van der Waals surface area contributed by atoms with E-state index in [1.807, 2.05) is 11.8 Å². The highest BCUT2D eigenvalue weighted by atomic mass is 32.2. The molecular formula is C10H18N2S. The van der Waals surface area contributed by atoms with E-state index in [1.165, 1.54) is 36.6 Å². The maximum absolute atomic E-state index is 4.49. The quantitative estimate of drug-likeness (QED) is 0.699. The molecule has 0 aromatic carbocycles. The standard InChI is InChI=1S/C10H18N2S/c1-8-3-4-9(7-8)12-10-11-5-2-6-13-10/h8-9H,2-7H2,1H3,(H,11,12). The molecule has 0 radical (unpaired) electrons. The Hall–Kier alpha value is -0.180. The minimum Gasteiger partial charge on any atom is -0.362 e. The van der Waals surface area contributed by atoms with Crippen molar-refractivity contribution in [3.05, 3.63) is 0 Å². The SMILES string of the molecule is CC1CCC(NC2=NCCCS2)C1. The van der Waals surface area contributed by atoms with Crippen molar-refractivity contribution in [2.75, 3.05) is 12.3 Å². The van der Waals surface area contributed by atoms with Gasteiger partial charge in [0.15, 0.2) is 5.17 Å². The third-order valence-electron chi connectivity index (χ3n) is 2.82. The Kier molecular flexibility index (Phi) is 3.14. The van der Waals surface area contributed by atoms with Crippen LogP contribution in [0.3, 0.4) is 0 Å². The summed E-state index contributed by atoms with van der Waals surface area (Å²) in [4.78, 5) is 4.49. The van der Waals surface area contributed by atoms with Gasteiger partial charge < -0.3 is 5.32 Å². The number of thioether (sulfide) groups is 1. The Morgan fingerprint density at radius 1 is 1.46 bits per heavy atom. The Bertz CT molecular complexity index is 203. The van der Waals surface area contributed by atoms with E-state index in [0.717, 1.165) is 12.5 Å². The van der Waals surface area contributed by atoms with Crippen LogP contribution >= 0.6 is 11.8 Å². The summed E-state index contributed by atoms with van der Waals surface area (Å²) in [5.41, 5.74) is 0. The maximum atomic E-state index is 4.49. The van der Waals surface area contributed by atoms with Crippen molar-refractivity contribution in [3.63, 3.8) is 0 Å². The zero-order valence-electron chi connectivity index (χ0n) is 8.25. The van der Waals surface area contributed by atoms with Crippen LogP contribution in [-0.4, -0.2) is 23.5 Å². The van der Waals surface area contributed by atoms with Gasteiger partial charge in [-0.2, -0.15) is 0 Å². The molecule has 3 heteroatoms. The molecule has 74 valence electrons. The smallest absolute Gasteiger partial charge is 0.156 e. The summed E-state index contributed by atoms with van der Waals surface area (Å²) in [6.45, 7) is 3.37. The topological polar surface area (TPSA) is 24.4 Å². The molecule has 0 aromatic rings. The Morgan fingerprint density at radius 3 is 3.00 bits per heavy atom. The van der Waals surface area contributed by atoms with E-state index in [9.17, 15) is 0 Å². The fourth-order valence-corrected chi connectivity index (χ4v) is 2.96. The van der Waals surface area contributed by atoms with E-state index in [0.29, 0.717) is 6.04 Å². The highest BCUT2D eigenvalue weighted by Gasteiger charge is 2.22. The highest BCUT2D eigenvalue weighted by molar-refractivity contribution is 8.13. The molecule has 13 heavy (non-hydrogen) atoms. The average molecular weight is 198 g/mol. The zero-order chi connectivity index (χ0) is 9.10. The van der Waals surface area contributed by atoms with Gasteiger partial charge in [-0.3, -0.25) is 4.99 Å². The molecule has 0 spiro atoms. The van der Waals surface area contributed by atoms with Crippen molar-refractivity contribution in [1.82, 2.24) is 5.32 Å². The van der Waals surface area contributed by atoms with Crippen LogP contribution < -0.4 is 5.32 Å². The maximum Gasteiger partial charge on any atom is 0.156 e. The van der Waals surface area contributed by atoms with Crippen LogP contribution in [0.1, 0.15) is 32.6 Å². The van der Waals surface area contributed by atoms with Gasteiger partial charge in [0.05, 0.1) is 0 Å². The van der Waals surface area contributed by atoms with Gasteiger partial charge >= 0.3 is 0 Å². The average Bonchev–Trinajstić information content (AvgIpc) is 2.53. The lowest BCUT2D eigenvalue weighted by Crippen LogP contribution is -2.32. The molecule has 2 rings (SSSR count). The van der Waals surface area contributed by atoms with Crippen molar-refractivity contribution in [1.29, 1.82) is 0 Å². The molecule has 2 aliphatic rings. The Labute approximate surface area is 84.6 Å². The lowest BCUT2D eigenvalue weighted by Gasteiger charge is -2.18. The van der Waals surface area contributed by atoms with E-state index >= 15 is 0 Å². The first-order chi connectivity index (χ1) is 6.34. The first-order valence-electron chi connectivity index (χ1n) is 5.28. The molecule has 1 aliphatic heterocycles. The van der Waals surface area contributed by atoms with Crippen LogP contribution in [-0.2, 0) is 0 Å². The van der Waals surface area contributed by atoms with Crippen LogP contribution in [0.4, 0.5) is 0 Å². The van der Waals surface area contributed by atoms with Crippen molar-refractivity contribution in [2.45, 2.75) is 38.6 Å². The Morgan fingerprint density at radius 2 is 2.38 bits per heavy atom. The van der Waals surface area contributed by atoms with Gasteiger partial charge in [0.2, 0.25) is 0 Å². The number of aliphatic imine (C=N–C) groups is 1. The second-order valence-electron chi connectivity index (χ2n) is 4.15. The molecular weight excluding hydrogens is 180 g/mol. The monoisotopic (exact) mass is 198 g/mol. The normalized spacial score (nSPS) is 34.4. The minimum absolute atomic E-state index is 0.708. The summed E-state index contributed by atoms with van der Waals surface area (Å²) in [6.07, 6.45) is 5.30. The molecule has 2 unspecified atom stereocenters. The summed E-state index contributed by atoms with van der Waals surface area (Å²) in [7, 11) is 0. The van der Waals surface area contributed by atoms with Crippen LogP contribution in [0.5, 0.6) is 0 Å². The van der Waals surface area contributed by atoms with Gasteiger partial charge in [-0.1, -0.05) is 18.7 Å². The summed E-state index contributed by atoms with van der Waals surface area (Å²) in [5, 5.41) is 4.76. The van der Waals surface area contributed by atoms with Crippen molar-refractivity contribution in [3.8, 4) is 0 Å². The molecule has 1 N–H and O–H groups in total. The van der Waals surface area contributed by atoms with Gasteiger partial charge in [-0.25, -0.2) is 0 Å². The van der Waals surface area contributed by atoms with E-state index in [1.54, 1.807) is 0 Å². The summed E-state index contributed by atoms with van der Waals surface area (Å²) in [5.74, 6) is 2.15. The summed E-state index contributed by atoms with van der Waals surface area (Å²) >= 11 is 1.89. The number of hydrogen-bond donors (Lipinski definition) is 1. The lowest BCUT2D eigenvalue weighted by molar-refractivity contribution is 0.572. The predicted molar refractivity (Wildman–Crippen MR) is 59.3 cm³/mol. The molecule has 2 atom stereocenters. The van der Waals surface area contributed by atoms with E-state index in [2.05, 4.69) is 17.2 Å². The Balaban J connectivity index is 1.80. The molecule has 2 nitrogen and oxygen atoms in total. The van der Waals surface area contributed by atoms with Gasteiger partial charge in [0, 0.05) is 18.3 Å². The lowest BCUT2D eigenvalue weighted by atomic mass is 10.1. The van der Waals surface area contributed by atoms with Gasteiger partial charge in [-0.15, -0.1) is 0 Å². The fraction of sp³-hybridized carbons (Fsp3) is 0.900. The highest BCUT2D eigenvalue weighted by Crippen LogP contribution is 2.25. The number of nitrogens with zero attached hydrogens (tertiary/aromatic N) is 1. The third-order valence-corrected chi connectivity index (χ3v) is 3.83. The molecule has 0 aromatic heterocycles. The van der Waals surface area contributed by atoms with Crippen molar-refractivity contribution >= 4 is 16.9 Å². The molecule has 0 saturated heterocycles. The molecule has 1 saturated carbocycles. The number of amidine groups is 1. The number of nitrogens with one attached hydrogen (secondary N) is 1. The molecule has 1 fully saturated rings. The first kappa shape index (κ1) is 9.38. The molecule has 1 aliphatic carbocycles. The number of hydrogen-bond acceptors (Lipinski definition) is 3. The first-order valence-corrected chi connectivity index (χ1v) is 6.27. The molecule has 0 bridgehead atoms. The van der Waals surface area contributed by atoms with Crippen molar-refractivity contribution in [2.24, 2.45) is 10.9 Å². The van der Waals surface area contributed by atoms with Crippen LogP contribution in [0.2, 0.25) is 0 Å². The van der Waals surface area contributed by atoms with Crippen LogP contribution in [0.25, 0.3) is 0 Å². The second kappa shape index (κ2) is 4.36. The van der Waals surface area contributed by atoms with Gasteiger partial charge in [-0.05, 0) is 31.6 Å². The predicted octanol–water partition coefficient (Wildman–Crippen LogP) is 2.26. The zero-order valence-corrected chi connectivity index (χ0v) is 9.07. The fourth-order valence-electron chi connectivity index (χ4n) is 2.06. The minimum atomic E-state index is 0.708. The largest absolute Gasteiger partial charge is 0.362 e. The summed E-state index contributed by atoms with van der Waals surface area (Å²) < 4.78 is 0. The molecule has 1 heterocycles. The third kappa shape index (κ3) is 2.63. The van der Waals surface area contributed by atoms with Gasteiger partial charge in [0.25, 0.3) is 0 Å². The van der Waals surface area contributed by atoms with Crippen LogP contribution in [0, 0.1) is 5.92 Å². The van der Waals surface area contributed by atoms with Crippen LogP contribution in [0.15, 0.2) is 4.99 Å². The van der Waals surface area contributed by atoms with Crippen molar-refractivity contribution < 1.29 is 0 Å². The van der Waals surface area contributed by atoms with E-state index in [-0.39, 0.29) is 0 Å². The second-order valence-corrected chi connectivity index (χ2v) is 5.23.